The van der Waals surface area contributed by atoms with Crippen molar-refractivity contribution in [1.82, 2.24) is 19.5 Å². The van der Waals surface area contributed by atoms with E-state index >= 15 is 0 Å². The van der Waals surface area contributed by atoms with Gasteiger partial charge in [-0.15, -0.1) is 0 Å². The number of nitrogens with zero attached hydrogens (tertiary/aromatic N) is 4. The number of nitrogens with two attached hydrogens (primary N) is 1. The topological polar surface area (TPSA) is 147 Å². The van der Waals surface area contributed by atoms with Gasteiger partial charge in [-0.05, 0) is 5.56 Å². The molecule has 4 heterocycles. The minimum Gasteiger partial charge on any atom is -0.387 e. The van der Waals surface area contributed by atoms with Gasteiger partial charge in [0.05, 0.1) is 25.6 Å². The van der Waals surface area contributed by atoms with Crippen LogP contribution in [0.15, 0.2) is 43.0 Å². The van der Waals surface area contributed by atoms with Crippen molar-refractivity contribution in [1.29, 1.82) is 0 Å². The lowest BCUT2D eigenvalue weighted by molar-refractivity contribution is -0.0529. The van der Waals surface area contributed by atoms with Crippen LogP contribution in [0, 0.1) is 0 Å². The number of benzene rings is 1. The Morgan fingerprint density at radius 3 is 2.84 bits per heavy atom. The summed E-state index contributed by atoms with van der Waals surface area (Å²) in [4.78, 5) is 12.2. The molecule has 1 aromatic carbocycles. The van der Waals surface area contributed by atoms with E-state index in [1.54, 1.807) is 0 Å². The van der Waals surface area contributed by atoms with Crippen molar-refractivity contribution < 1.29 is 28.5 Å². The van der Waals surface area contributed by atoms with Gasteiger partial charge in [-0.2, -0.15) is 0 Å². The first-order valence-electron chi connectivity index (χ1n) is 9.84. The van der Waals surface area contributed by atoms with Crippen LogP contribution in [0.1, 0.15) is 24.3 Å². The summed E-state index contributed by atoms with van der Waals surface area (Å²) in [6.07, 6.45) is -0.708. The highest BCUT2D eigenvalue weighted by atomic mass is 31.2. The van der Waals surface area contributed by atoms with Gasteiger partial charge in [0.2, 0.25) is 0 Å². The Kier molecular flexibility index (Phi) is 5.81. The minimum absolute atomic E-state index is 0.00824. The van der Waals surface area contributed by atoms with Crippen LogP contribution in [-0.2, 0) is 18.3 Å². The molecule has 0 radical (unpaired) electrons. The van der Waals surface area contributed by atoms with Crippen LogP contribution in [0.4, 0.5) is 5.82 Å². The lowest BCUT2D eigenvalue weighted by Gasteiger charge is -2.29. The van der Waals surface area contributed by atoms with Gasteiger partial charge in [-0.3, -0.25) is 4.57 Å². The van der Waals surface area contributed by atoms with Gasteiger partial charge in [-0.25, -0.2) is 15.0 Å². The van der Waals surface area contributed by atoms with Crippen LogP contribution in [0.25, 0.3) is 11.2 Å². The second-order valence-electron chi connectivity index (χ2n) is 7.28. The maximum Gasteiger partial charge on any atom is 0.333 e. The largest absolute Gasteiger partial charge is 0.387 e. The van der Waals surface area contributed by atoms with Gasteiger partial charge in [0.1, 0.15) is 30.2 Å². The number of aromatic nitrogens is 4. The van der Waals surface area contributed by atoms with Crippen molar-refractivity contribution in [3.8, 4) is 0 Å². The van der Waals surface area contributed by atoms with E-state index in [4.69, 9.17) is 24.0 Å². The molecular formula is C19H22N5O6P. The zero-order valence-corrected chi connectivity index (χ0v) is 17.3. The van der Waals surface area contributed by atoms with Crippen LogP contribution >= 0.6 is 8.60 Å². The molecule has 0 spiro atoms. The minimum atomic E-state index is -1.61. The Labute approximate surface area is 178 Å². The smallest absolute Gasteiger partial charge is 0.333 e. The van der Waals surface area contributed by atoms with E-state index in [0.29, 0.717) is 17.8 Å². The van der Waals surface area contributed by atoms with E-state index in [2.05, 4.69) is 15.0 Å². The molecule has 0 bridgehead atoms. The molecule has 11 nitrogen and oxygen atoms in total. The number of ether oxygens (including phenoxy) is 1. The number of nitrogen functional groups attached to an aromatic ring is 1. The maximum absolute atomic E-state index is 10.5. The third kappa shape index (κ3) is 4.01. The van der Waals surface area contributed by atoms with E-state index in [0.717, 1.165) is 12.0 Å². The van der Waals surface area contributed by atoms with Gasteiger partial charge < -0.3 is 34.3 Å². The predicted octanol–water partition coefficient (Wildman–Crippen LogP) is 1.45. The number of aliphatic hydroxyl groups is 2. The number of hydrogen-bond acceptors (Lipinski definition) is 10. The van der Waals surface area contributed by atoms with Crippen molar-refractivity contribution in [2.24, 2.45) is 0 Å². The molecule has 4 N–H and O–H groups in total. The van der Waals surface area contributed by atoms with E-state index in [9.17, 15) is 10.2 Å². The summed E-state index contributed by atoms with van der Waals surface area (Å²) >= 11 is 0. The molecule has 0 saturated carbocycles. The SMILES string of the molecule is Nc1ncnc2c1ncn2[C@@H]1O[C@H](COP2OCCC(c3ccccc3)O2)[C@@H](O)[C@H]1O. The highest BCUT2D eigenvalue weighted by Crippen LogP contribution is 2.50. The molecular weight excluding hydrogens is 425 g/mol. The van der Waals surface area contributed by atoms with Gasteiger partial charge in [0.25, 0.3) is 0 Å². The Morgan fingerprint density at radius 1 is 1.16 bits per heavy atom. The van der Waals surface area contributed by atoms with E-state index in [1.165, 1.54) is 17.2 Å². The van der Waals surface area contributed by atoms with Crippen LogP contribution in [0.2, 0.25) is 0 Å². The molecule has 2 unspecified atom stereocenters. The monoisotopic (exact) mass is 447 g/mol. The number of aliphatic hydroxyl groups excluding tert-OH is 2. The van der Waals surface area contributed by atoms with Crippen molar-refractivity contribution in [3.63, 3.8) is 0 Å². The highest BCUT2D eigenvalue weighted by molar-refractivity contribution is 7.41. The summed E-state index contributed by atoms with van der Waals surface area (Å²) in [6, 6.07) is 9.87. The fourth-order valence-electron chi connectivity index (χ4n) is 3.67. The molecule has 0 amide bonds. The molecule has 0 aliphatic carbocycles. The Balaban J connectivity index is 1.24. The van der Waals surface area contributed by atoms with Crippen LogP contribution < -0.4 is 5.73 Å². The molecule has 6 atom stereocenters. The Morgan fingerprint density at radius 2 is 2.00 bits per heavy atom. The summed E-state index contributed by atoms with van der Waals surface area (Å²) < 4.78 is 24.7. The van der Waals surface area contributed by atoms with E-state index in [1.807, 2.05) is 30.3 Å². The average molecular weight is 447 g/mol. The summed E-state index contributed by atoms with van der Waals surface area (Å²) in [5.41, 5.74) is 7.67. The number of hydrogen-bond donors (Lipinski definition) is 3. The fraction of sp³-hybridized carbons (Fsp3) is 0.421. The van der Waals surface area contributed by atoms with E-state index in [-0.39, 0.29) is 18.5 Å². The summed E-state index contributed by atoms with van der Waals surface area (Å²) in [7, 11) is -1.61. The van der Waals surface area contributed by atoms with Gasteiger partial charge in [-0.1, -0.05) is 30.3 Å². The van der Waals surface area contributed by atoms with Crippen molar-refractivity contribution in [3.05, 3.63) is 48.5 Å². The zero-order valence-electron chi connectivity index (χ0n) is 16.4. The lowest BCUT2D eigenvalue weighted by atomic mass is 10.1. The lowest BCUT2D eigenvalue weighted by Crippen LogP contribution is -2.33. The van der Waals surface area contributed by atoms with Crippen molar-refractivity contribution in [2.45, 2.75) is 37.1 Å². The van der Waals surface area contributed by atoms with Crippen LogP contribution in [0.3, 0.4) is 0 Å². The molecule has 2 aliphatic rings. The summed E-state index contributed by atoms with van der Waals surface area (Å²) in [5, 5.41) is 21.0. The molecule has 2 aromatic heterocycles. The second kappa shape index (κ2) is 8.71. The van der Waals surface area contributed by atoms with E-state index < -0.39 is 33.1 Å². The molecule has 164 valence electrons. The third-order valence-electron chi connectivity index (χ3n) is 5.30. The highest BCUT2D eigenvalue weighted by Gasteiger charge is 2.45. The quantitative estimate of drug-likeness (QED) is 0.491. The molecule has 2 saturated heterocycles. The first kappa shape index (κ1) is 20.7. The number of rotatable bonds is 5. The van der Waals surface area contributed by atoms with Gasteiger partial charge >= 0.3 is 8.60 Å². The number of imidazole rings is 1. The van der Waals surface area contributed by atoms with Gasteiger partial charge in [0, 0.05) is 6.42 Å². The van der Waals surface area contributed by atoms with Crippen molar-refractivity contribution >= 4 is 25.6 Å². The zero-order chi connectivity index (χ0) is 21.4. The first-order valence-corrected chi connectivity index (χ1v) is 10.9. The fourth-order valence-corrected chi connectivity index (χ4v) is 4.83. The molecule has 12 heteroatoms. The summed E-state index contributed by atoms with van der Waals surface area (Å²) in [5.74, 6) is 0.221. The van der Waals surface area contributed by atoms with Crippen molar-refractivity contribution in [2.75, 3.05) is 18.9 Å². The molecule has 2 aliphatic heterocycles. The van der Waals surface area contributed by atoms with Crippen LogP contribution in [0.5, 0.6) is 0 Å². The first-order chi connectivity index (χ1) is 15.1. The molecule has 31 heavy (non-hydrogen) atoms. The number of anilines is 1. The maximum atomic E-state index is 10.5. The second-order valence-corrected chi connectivity index (χ2v) is 8.45. The number of fused-ring (bicyclic) bond motifs is 1. The Bertz CT molecular complexity index is 1040. The molecule has 2 fully saturated rings. The standard InChI is InChI=1S/C19H22N5O6P/c20-17-14-18(22-9-21-17)24(10-23-14)19-16(26)15(25)13(29-19)8-28-31-27-7-6-12(30-31)11-4-2-1-3-5-11/h1-5,9-10,12-13,15-16,19,25-26H,6-8H2,(H2,20,21,22)/t12?,13-,15-,16-,19-,31?/m1/s1. The van der Waals surface area contributed by atoms with Crippen LogP contribution in [-0.4, -0.2) is 61.3 Å². The van der Waals surface area contributed by atoms with Gasteiger partial charge in [0.15, 0.2) is 17.7 Å². The molecule has 3 aromatic rings. The normalized spacial score (nSPS) is 31.3. The summed E-state index contributed by atoms with van der Waals surface area (Å²) in [6.45, 7) is 0.498. The predicted molar refractivity (Wildman–Crippen MR) is 109 cm³/mol. The third-order valence-corrected chi connectivity index (χ3v) is 6.48. The Hall–Kier alpha value is -2.24. The average Bonchev–Trinajstić information content (AvgIpc) is 3.35. The molecule has 5 rings (SSSR count).